The number of aromatic nitrogens is 3. The van der Waals surface area contributed by atoms with Crippen molar-refractivity contribution >= 4 is 0 Å². The molecule has 1 aromatic carbocycles. The molecule has 5 heteroatoms. The van der Waals surface area contributed by atoms with E-state index in [1.165, 1.54) is 0 Å². The second kappa shape index (κ2) is 6.37. The molecule has 0 amide bonds. The standard InChI is InChI=1S/C16H24N4O/c1-12(2)18-16(11-21,15-8-6-5-7-9-15)10-20-14(4)17-13(3)19-20/h5-9,12,18,21H,10-11H2,1-4H3. The highest BCUT2D eigenvalue weighted by Gasteiger charge is 2.33. The average Bonchev–Trinajstić information content (AvgIpc) is 2.76. The Morgan fingerprint density at radius 3 is 2.38 bits per heavy atom. The van der Waals surface area contributed by atoms with Crippen LogP contribution in [0.5, 0.6) is 0 Å². The normalized spacial score (nSPS) is 14.4. The number of nitrogens with zero attached hydrogens (tertiary/aromatic N) is 3. The molecule has 0 aliphatic carbocycles. The van der Waals surface area contributed by atoms with Crippen LogP contribution in [0.15, 0.2) is 30.3 Å². The number of nitrogens with one attached hydrogen (secondary N) is 1. The second-order valence-electron chi connectivity index (χ2n) is 5.77. The molecule has 0 aliphatic rings. The summed E-state index contributed by atoms with van der Waals surface area (Å²) in [5.41, 5.74) is 0.481. The minimum absolute atomic E-state index is 0.00641. The van der Waals surface area contributed by atoms with Crippen molar-refractivity contribution in [2.75, 3.05) is 6.61 Å². The molecule has 5 nitrogen and oxygen atoms in total. The first-order chi connectivity index (χ1) is 9.97. The van der Waals surface area contributed by atoms with E-state index in [0.29, 0.717) is 6.54 Å². The molecule has 1 unspecified atom stereocenters. The third-order valence-corrected chi connectivity index (χ3v) is 3.54. The van der Waals surface area contributed by atoms with Crippen molar-refractivity contribution in [2.24, 2.45) is 0 Å². The van der Waals surface area contributed by atoms with E-state index in [-0.39, 0.29) is 12.6 Å². The van der Waals surface area contributed by atoms with Crippen LogP contribution in [0.4, 0.5) is 0 Å². The summed E-state index contributed by atoms with van der Waals surface area (Å²) in [6.07, 6.45) is 0. The van der Waals surface area contributed by atoms with E-state index in [2.05, 4.69) is 29.2 Å². The molecule has 2 aromatic rings. The molecular formula is C16H24N4O. The van der Waals surface area contributed by atoms with Crippen LogP contribution in [0, 0.1) is 13.8 Å². The molecule has 0 saturated heterocycles. The third-order valence-electron chi connectivity index (χ3n) is 3.54. The van der Waals surface area contributed by atoms with Crippen LogP contribution >= 0.6 is 0 Å². The second-order valence-corrected chi connectivity index (χ2v) is 5.77. The van der Waals surface area contributed by atoms with Gasteiger partial charge >= 0.3 is 0 Å². The van der Waals surface area contributed by atoms with Crippen LogP contribution < -0.4 is 5.32 Å². The maximum atomic E-state index is 10.1. The van der Waals surface area contributed by atoms with Gasteiger partial charge in [0.05, 0.1) is 18.7 Å². The first kappa shape index (κ1) is 15.7. The number of hydrogen-bond donors (Lipinski definition) is 2. The van der Waals surface area contributed by atoms with Gasteiger partial charge in [-0.3, -0.25) is 0 Å². The Kier molecular flexibility index (Phi) is 4.75. The molecule has 2 N–H and O–H groups in total. The van der Waals surface area contributed by atoms with Crippen LogP contribution in [-0.2, 0) is 12.1 Å². The summed E-state index contributed by atoms with van der Waals surface area (Å²) in [7, 11) is 0. The number of aryl methyl sites for hydroxylation is 2. The number of aliphatic hydroxyl groups excluding tert-OH is 1. The monoisotopic (exact) mass is 288 g/mol. The molecule has 0 bridgehead atoms. The van der Waals surface area contributed by atoms with Crippen LogP contribution in [0.1, 0.15) is 31.1 Å². The topological polar surface area (TPSA) is 63.0 Å². The predicted molar refractivity (Wildman–Crippen MR) is 83.0 cm³/mol. The van der Waals surface area contributed by atoms with E-state index in [1.54, 1.807) is 0 Å². The Bertz CT molecular complexity index is 579. The van der Waals surface area contributed by atoms with Crippen molar-refractivity contribution in [3.63, 3.8) is 0 Å². The number of benzene rings is 1. The smallest absolute Gasteiger partial charge is 0.147 e. The van der Waals surface area contributed by atoms with E-state index < -0.39 is 5.54 Å². The fraction of sp³-hybridized carbons (Fsp3) is 0.500. The number of hydrogen-bond acceptors (Lipinski definition) is 4. The summed E-state index contributed by atoms with van der Waals surface area (Å²) in [5.74, 6) is 1.60. The Labute approximate surface area is 126 Å². The maximum absolute atomic E-state index is 10.1. The van der Waals surface area contributed by atoms with Gasteiger partial charge in [0.25, 0.3) is 0 Å². The molecule has 21 heavy (non-hydrogen) atoms. The summed E-state index contributed by atoms with van der Waals surface area (Å²) < 4.78 is 1.86. The van der Waals surface area contributed by atoms with Gasteiger partial charge in [-0.25, -0.2) is 9.67 Å². The Hall–Kier alpha value is -1.72. The van der Waals surface area contributed by atoms with Crippen LogP contribution in [0.2, 0.25) is 0 Å². The molecule has 2 rings (SSSR count). The van der Waals surface area contributed by atoms with E-state index in [0.717, 1.165) is 17.2 Å². The highest BCUT2D eigenvalue weighted by atomic mass is 16.3. The summed E-state index contributed by atoms with van der Waals surface area (Å²) in [6, 6.07) is 10.3. The van der Waals surface area contributed by atoms with Gasteiger partial charge in [-0.05, 0) is 33.3 Å². The highest BCUT2D eigenvalue weighted by Crippen LogP contribution is 2.24. The maximum Gasteiger partial charge on any atom is 0.147 e. The van der Waals surface area contributed by atoms with Crippen molar-refractivity contribution in [3.05, 3.63) is 47.5 Å². The molecule has 1 heterocycles. The van der Waals surface area contributed by atoms with Gasteiger partial charge in [0.2, 0.25) is 0 Å². The SMILES string of the molecule is Cc1nc(C)n(CC(CO)(NC(C)C)c2ccccc2)n1. The van der Waals surface area contributed by atoms with Crippen molar-refractivity contribution in [3.8, 4) is 0 Å². The van der Waals surface area contributed by atoms with Gasteiger partial charge in [0.1, 0.15) is 11.6 Å². The molecule has 1 aromatic heterocycles. The third kappa shape index (κ3) is 3.49. The van der Waals surface area contributed by atoms with Crippen molar-refractivity contribution in [2.45, 2.75) is 45.8 Å². The lowest BCUT2D eigenvalue weighted by Crippen LogP contribution is -2.52. The average molecular weight is 288 g/mol. The summed E-state index contributed by atoms with van der Waals surface area (Å²) in [4.78, 5) is 4.34. The summed E-state index contributed by atoms with van der Waals surface area (Å²) in [5, 5.41) is 18.0. The van der Waals surface area contributed by atoms with Gasteiger partial charge in [0.15, 0.2) is 0 Å². The zero-order valence-electron chi connectivity index (χ0n) is 13.2. The zero-order valence-corrected chi connectivity index (χ0v) is 13.2. The van der Waals surface area contributed by atoms with Crippen LogP contribution in [-0.4, -0.2) is 32.5 Å². The van der Waals surface area contributed by atoms with Crippen LogP contribution in [0.3, 0.4) is 0 Å². The number of aliphatic hydroxyl groups is 1. The largest absolute Gasteiger partial charge is 0.394 e. The quantitative estimate of drug-likeness (QED) is 0.850. The molecule has 0 fully saturated rings. The Balaban J connectivity index is 2.42. The molecule has 0 saturated carbocycles. The molecule has 114 valence electrons. The molecule has 0 radical (unpaired) electrons. The lowest BCUT2D eigenvalue weighted by molar-refractivity contribution is 0.128. The predicted octanol–water partition coefficient (Wildman–Crippen LogP) is 1.78. The molecule has 1 atom stereocenters. The van der Waals surface area contributed by atoms with Gasteiger partial charge in [-0.1, -0.05) is 30.3 Å². The first-order valence-electron chi connectivity index (χ1n) is 7.29. The Morgan fingerprint density at radius 2 is 1.90 bits per heavy atom. The Morgan fingerprint density at radius 1 is 1.24 bits per heavy atom. The van der Waals surface area contributed by atoms with Crippen molar-refractivity contribution in [1.82, 2.24) is 20.1 Å². The minimum Gasteiger partial charge on any atom is -0.394 e. The lowest BCUT2D eigenvalue weighted by atomic mass is 9.89. The number of rotatable bonds is 6. The van der Waals surface area contributed by atoms with Gasteiger partial charge in [0, 0.05) is 6.04 Å². The van der Waals surface area contributed by atoms with Crippen LogP contribution in [0.25, 0.3) is 0 Å². The van der Waals surface area contributed by atoms with E-state index in [9.17, 15) is 5.11 Å². The molecule has 0 spiro atoms. The van der Waals surface area contributed by atoms with E-state index in [4.69, 9.17) is 0 Å². The van der Waals surface area contributed by atoms with E-state index in [1.807, 2.05) is 48.9 Å². The molecular weight excluding hydrogens is 264 g/mol. The first-order valence-corrected chi connectivity index (χ1v) is 7.29. The summed E-state index contributed by atoms with van der Waals surface area (Å²) >= 11 is 0. The highest BCUT2D eigenvalue weighted by molar-refractivity contribution is 5.25. The fourth-order valence-electron chi connectivity index (χ4n) is 2.68. The zero-order chi connectivity index (χ0) is 15.5. The summed E-state index contributed by atoms with van der Waals surface area (Å²) in [6.45, 7) is 8.50. The molecule has 0 aliphatic heterocycles. The minimum atomic E-state index is -0.569. The fourth-order valence-corrected chi connectivity index (χ4v) is 2.68. The van der Waals surface area contributed by atoms with Crippen molar-refractivity contribution in [1.29, 1.82) is 0 Å². The van der Waals surface area contributed by atoms with Gasteiger partial charge < -0.3 is 10.4 Å². The lowest BCUT2D eigenvalue weighted by Gasteiger charge is -2.35. The van der Waals surface area contributed by atoms with E-state index >= 15 is 0 Å². The van der Waals surface area contributed by atoms with Gasteiger partial charge in [-0.2, -0.15) is 5.10 Å². The van der Waals surface area contributed by atoms with Crippen molar-refractivity contribution < 1.29 is 5.11 Å². The van der Waals surface area contributed by atoms with Gasteiger partial charge in [-0.15, -0.1) is 0 Å².